The van der Waals surface area contributed by atoms with E-state index in [9.17, 15) is 19.5 Å². The molecule has 0 bridgehead atoms. The molecule has 294 valence electrons. The van der Waals surface area contributed by atoms with Gasteiger partial charge in [0.1, 0.15) is 24.4 Å². The van der Waals surface area contributed by atoms with Gasteiger partial charge in [-0.15, -0.1) is 0 Å². The third-order valence-electron chi connectivity index (χ3n) is 10.8. The molecule has 2 N–H and O–H groups in total. The number of nitrogens with one attached hydrogen (secondary N) is 1. The number of carbonyl (C=O) groups excluding carboxylic acids is 2. The van der Waals surface area contributed by atoms with Crippen molar-refractivity contribution in [1.82, 2.24) is 15.2 Å². The van der Waals surface area contributed by atoms with Gasteiger partial charge in [0.05, 0.1) is 6.61 Å². The van der Waals surface area contributed by atoms with E-state index in [0.717, 1.165) is 56.8 Å². The van der Waals surface area contributed by atoms with Gasteiger partial charge in [-0.25, -0.2) is 4.79 Å². The van der Waals surface area contributed by atoms with Crippen LogP contribution in [0.15, 0.2) is 103 Å². The number of carboxylic acids is 1. The van der Waals surface area contributed by atoms with Crippen molar-refractivity contribution in [3.05, 3.63) is 142 Å². The number of ether oxygens (including phenoxy) is 3. The fourth-order valence-corrected chi connectivity index (χ4v) is 7.24. The first-order valence-corrected chi connectivity index (χ1v) is 19.4. The van der Waals surface area contributed by atoms with Crippen molar-refractivity contribution in [1.29, 1.82) is 0 Å². The molecule has 2 amide bonds. The van der Waals surface area contributed by atoms with Crippen LogP contribution < -0.4 is 19.5 Å². The number of nitrogens with zero attached hydrogens (tertiary/aromatic N) is 2. The maximum absolute atomic E-state index is 14.1. The third-order valence-corrected chi connectivity index (χ3v) is 10.8. The summed E-state index contributed by atoms with van der Waals surface area (Å²) in [6, 6.07) is 27.8. The topological polar surface area (TPSA) is 127 Å². The van der Waals surface area contributed by atoms with Crippen molar-refractivity contribution < 1.29 is 33.7 Å². The molecule has 57 heavy (non-hydrogen) atoms. The van der Waals surface area contributed by atoms with Crippen LogP contribution in [0.5, 0.6) is 17.2 Å². The summed E-state index contributed by atoms with van der Waals surface area (Å²) < 4.78 is 18.6. The molecular weight excluding hydrogens is 719 g/mol. The van der Waals surface area contributed by atoms with Crippen LogP contribution in [0.25, 0.3) is 11.1 Å². The normalized spacial score (nSPS) is 16.6. The molecule has 4 aromatic carbocycles. The summed E-state index contributed by atoms with van der Waals surface area (Å²) in [7, 11) is 0. The first-order valence-electron chi connectivity index (χ1n) is 19.4. The SMILES string of the molecule is Cc1nccc(-c2ccc(CC(NC(=O)[C@@H]3Cc4cc5c(cc4CN3C(=O)c3ccccc3)O[C@@H](c3ccc(OCCC(C)(C)C)cc3)CO5)C(=O)O)cc2)c1C. The number of aliphatic carboxylic acids is 1. The summed E-state index contributed by atoms with van der Waals surface area (Å²) in [5.41, 5.74) is 8.04. The number of amides is 2. The van der Waals surface area contributed by atoms with Crippen molar-refractivity contribution in [2.45, 2.75) is 78.6 Å². The fourth-order valence-electron chi connectivity index (χ4n) is 7.24. The second-order valence-corrected chi connectivity index (χ2v) is 16.1. The van der Waals surface area contributed by atoms with E-state index in [1.165, 1.54) is 4.90 Å². The van der Waals surface area contributed by atoms with Crippen molar-refractivity contribution in [2.75, 3.05) is 13.2 Å². The van der Waals surface area contributed by atoms with Crippen LogP contribution in [0, 0.1) is 19.3 Å². The summed E-state index contributed by atoms with van der Waals surface area (Å²) in [5, 5.41) is 13.0. The molecule has 1 aromatic heterocycles. The number of aromatic nitrogens is 1. The van der Waals surface area contributed by atoms with Crippen LogP contribution in [-0.2, 0) is 29.0 Å². The number of carboxylic acid groups (broad SMARTS) is 1. The molecule has 5 aromatic rings. The Kier molecular flexibility index (Phi) is 11.3. The maximum Gasteiger partial charge on any atom is 0.326 e. The zero-order valence-corrected chi connectivity index (χ0v) is 33.1. The Morgan fingerprint density at radius 1 is 0.930 bits per heavy atom. The third kappa shape index (κ3) is 9.12. The first kappa shape index (κ1) is 39.1. The Morgan fingerprint density at radius 3 is 2.35 bits per heavy atom. The van der Waals surface area contributed by atoms with Crippen LogP contribution in [0.1, 0.15) is 77.2 Å². The standard InChI is InChI=1S/C47H49N3O7/c1-29-30(2)48-21-19-38(29)32-13-11-31(12-14-32)23-39(46(53)54)49-44(51)40-24-35-25-41-42(26-36(35)27-50(40)45(52)34-9-7-6-8-10-34)57-43(28-56-41)33-15-17-37(18-16-33)55-22-20-47(3,4)5/h6-19,21,25-26,39-40,43H,20,22-24,27-28H2,1-5H3,(H,49,51)(H,53,54)/t39?,40-,43+/m0/s1. The summed E-state index contributed by atoms with van der Waals surface area (Å²) in [6.45, 7) is 11.6. The van der Waals surface area contributed by atoms with E-state index in [1.54, 1.807) is 30.5 Å². The van der Waals surface area contributed by atoms with Gasteiger partial charge in [-0.1, -0.05) is 75.4 Å². The average molecular weight is 768 g/mol. The van der Waals surface area contributed by atoms with E-state index < -0.39 is 24.0 Å². The summed E-state index contributed by atoms with van der Waals surface area (Å²) in [6.07, 6.45) is 2.60. The van der Waals surface area contributed by atoms with Crippen LogP contribution >= 0.6 is 0 Å². The second-order valence-electron chi connectivity index (χ2n) is 16.1. The lowest BCUT2D eigenvalue weighted by Gasteiger charge is -2.37. The van der Waals surface area contributed by atoms with Crippen LogP contribution in [0.4, 0.5) is 0 Å². The van der Waals surface area contributed by atoms with E-state index in [1.807, 2.05) is 86.6 Å². The molecule has 7 rings (SSSR count). The molecule has 0 spiro atoms. The first-order chi connectivity index (χ1) is 27.3. The number of hydrogen-bond acceptors (Lipinski definition) is 7. The highest BCUT2D eigenvalue weighted by molar-refractivity contribution is 5.98. The number of fused-ring (bicyclic) bond motifs is 2. The van der Waals surface area contributed by atoms with Crippen LogP contribution in [0.3, 0.4) is 0 Å². The molecule has 2 aliphatic heterocycles. The van der Waals surface area contributed by atoms with E-state index in [4.69, 9.17) is 14.2 Å². The molecule has 0 saturated carbocycles. The summed E-state index contributed by atoms with van der Waals surface area (Å²) in [5.74, 6) is -0.135. The highest BCUT2D eigenvalue weighted by Crippen LogP contribution is 2.41. The molecule has 1 unspecified atom stereocenters. The Bertz CT molecular complexity index is 2250. The van der Waals surface area contributed by atoms with Gasteiger partial charge in [-0.05, 0) is 107 Å². The van der Waals surface area contributed by atoms with E-state index in [2.05, 4.69) is 31.1 Å². The Labute approximate surface area is 333 Å². The van der Waals surface area contributed by atoms with Crippen LogP contribution in [0.2, 0.25) is 0 Å². The maximum atomic E-state index is 14.1. The van der Waals surface area contributed by atoms with Gasteiger partial charge in [0, 0.05) is 36.8 Å². The molecule has 10 heteroatoms. The average Bonchev–Trinajstić information content (AvgIpc) is 3.20. The van der Waals surface area contributed by atoms with Gasteiger partial charge >= 0.3 is 5.97 Å². The van der Waals surface area contributed by atoms with Gasteiger partial charge < -0.3 is 29.5 Å². The van der Waals surface area contributed by atoms with E-state index in [0.29, 0.717) is 30.3 Å². The Balaban J connectivity index is 1.08. The van der Waals surface area contributed by atoms with E-state index >= 15 is 0 Å². The molecule has 3 atom stereocenters. The molecule has 0 aliphatic carbocycles. The number of benzene rings is 4. The van der Waals surface area contributed by atoms with Crippen molar-refractivity contribution in [3.8, 4) is 28.4 Å². The molecule has 0 saturated heterocycles. The largest absolute Gasteiger partial charge is 0.494 e. The number of hydrogen-bond donors (Lipinski definition) is 2. The van der Waals surface area contributed by atoms with Crippen molar-refractivity contribution in [2.24, 2.45) is 5.41 Å². The minimum absolute atomic E-state index is 0.0679. The molecular formula is C47H49N3O7. The predicted octanol–water partition coefficient (Wildman–Crippen LogP) is 8.07. The Hall–Kier alpha value is -6.16. The second kappa shape index (κ2) is 16.5. The number of pyridine rings is 1. The van der Waals surface area contributed by atoms with Gasteiger partial charge in [0.25, 0.3) is 5.91 Å². The lowest BCUT2D eigenvalue weighted by molar-refractivity contribution is -0.142. The molecule has 10 nitrogen and oxygen atoms in total. The highest BCUT2D eigenvalue weighted by atomic mass is 16.6. The monoisotopic (exact) mass is 767 g/mol. The van der Waals surface area contributed by atoms with Gasteiger partial charge in [0.15, 0.2) is 17.6 Å². The molecule has 0 fully saturated rings. The lowest BCUT2D eigenvalue weighted by atomic mass is 9.91. The lowest BCUT2D eigenvalue weighted by Crippen LogP contribution is -2.56. The van der Waals surface area contributed by atoms with Crippen molar-refractivity contribution >= 4 is 17.8 Å². The number of carbonyl (C=O) groups is 3. The molecule has 2 aliphatic rings. The van der Waals surface area contributed by atoms with Crippen molar-refractivity contribution in [3.63, 3.8) is 0 Å². The number of aryl methyl sites for hydroxylation is 1. The number of rotatable bonds is 11. The predicted molar refractivity (Wildman–Crippen MR) is 218 cm³/mol. The van der Waals surface area contributed by atoms with Gasteiger partial charge in [-0.2, -0.15) is 0 Å². The van der Waals surface area contributed by atoms with Gasteiger partial charge in [0.2, 0.25) is 5.91 Å². The zero-order chi connectivity index (χ0) is 40.3. The minimum Gasteiger partial charge on any atom is -0.494 e. The summed E-state index contributed by atoms with van der Waals surface area (Å²) >= 11 is 0. The Morgan fingerprint density at radius 2 is 1.65 bits per heavy atom. The summed E-state index contributed by atoms with van der Waals surface area (Å²) in [4.78, 5) is 46.6. The zero-order valence-electron chi connectivity index (χ0n) is 33.1. The smallest absolute Gasteiger partial charge is 0.326 e. The fraction of sp³-hybridized carbons (Fsp3) is 0.319. The molecule has 0 radical (unpaired) electrons. The van der Waals surface area contributed by atoms with E-state index in [-0.39, 0.29) is 36.8 Å². The molecule has 3 heterocycles. The van der Waals surface area contributed by atoms with Gasteiger partial charge in [-0.3, -0.25) is 14.6 Å². The minimum atomic E-state index is -1.22. The highest BCUT2D eigenvalue weighted by Gasteiger charge is 2.38. The quantitative estimate of drug-likeness (QED) is 0.138. The van der Waals surface area contributed by atoms with Crippen LogP contribution in [-0.4, -0.2) is 58.1 Å².